The maximum absolute atomic E-state index is 10.6. The van der Waals surface area contributed by atoms with Gasteiger partial charge in [-0.25, -0.2) is 0 Å². The Balaban J connectivity index is 3.29. The van der Waals surface area contributed by atoms with E-state index < -0.39 is 4.92 Å². The normalized spacial score (nSPS) is 9.00. The molecule has 1 rings (SSSR count). The van der Waals surface area contributed by atoms with Gasteiger partial charge < -0.3 is 5.11 Å². The molecule has 0 aliphatic carbocycles. The number of nitro benzene ring substituents is 1. The van der Waals surface area contributed by atoms with Crippen LogP contribution in [0.1, 0.15) is 11.1 Å². The van der Waals surface area contributed by atoms with Gasteiger partial charge >= 0.3 is 0 Å². The zero-order valence-electron chi connectivity index (χ0n) is 7.65. The van der Waals surface area contributed by atoms with E-state index in [1.165, 1.54) is 6.07 Å². The number of aliphatic hydroxyl groups excluding tert-OH is 1. The van der Waals surface area contributed by atoms with Gasteiger partial charge in [0.05, 0.1) is 4.92 Å². The summed E-state index contributed by atoms with van der Waals surface area (Å²) in [5.41, 5.74) is 1.08. The zero-order chi connectivity index (χ0) is 10.6. The molecule has 0 saturated heterocycles. The quantitative estimate of drug-likeness (QED) is 0.412. The fourth-order valence-electron chi connectivity index (χ4n) is 1.09. The van der Waals surface area contributed by atoms with Gasteiger partial charge in [0.1, 0.15) is 12.2 Å². The first kappa shape index (κ1) is 10.2. The summed E-state index contributed by atoms with van der Waals surface area (Å²) in [6, 6.07) is 4.75. The lowest BCUT2D eigenvalue weighted by Gasteiger charge is -1.98. The SMILES string of the molecule is Cc1cccc([N+](=O)[O-])c1C#CCO. The monoisotopic (exact) mass is 191 g/mol. The van der Waals surface area contributed by atoms with E-state index in [0.717, 1.165) is 5.56 Å². The Morgan fingerprint density at radius 2 is 2.29 bits per heavy atom. The molecule has 0 unspecified atom stereocenters. The molecule has 0 aromatic heterocycles. The maximum atomic E-state index is 10.6. The maximum Gasteiger partial charge on any atom is 0.285 e. The molecule has 0 aliphatic heterocycles. The molecule has 0 aliphatic rings. The molecule has 1 aromatic rings. The Kier molecular flexibility index (Phi) is 3.21. The van der Waals surface area contributed by atoms with Crippen molar-refractivity contribution >= 4 is 5.69 Å². The van der Waals surface area contributed by atoms with Crippen LogP contribution in [-0.4, -0.2) is 16.6 Å². The van der Waals surface area contributed by atoms with Crippen molar-refractivity contribution in [2.45, 2.75) is 6.92 Å². The van der Waals surface area contributed by atoms with E-state index in [-0.39, 0.29) is 12.3 Å². The lowest BCUT2D eigenvalue weighted by molar-refractivity contribution is -0.385. The van der Waals surface area contributed by atoms with E-state index >= 15 is 0 Å². The lowest BCUT2D eigenvalue weighted by atomic mass is 10.1. The third-order valence-corrected chi connectivity index (χ3v) is 1.74. The molecule has 0 radical (unpaired) electrons. The topological polar surface area (TPSA) is 63.4 Å². The largest absolute Gasteiger partial charge is 0.384 e. The summed E-state index contributed by atoms with van der Waals surface area (Å²) in [6.45, 7) is 1.44. The minimum absolute atomic E-state index is 0.0223. The Bertz CT molecular complexity index is 415. The third-order valence-electron chi connectivity index (χ3n) is 1.74. The molecule has 0 amide bonds. The Morgan fingerprint density at radius 1 is 1.57 bits per heavy atom. The van der Waals surface area contributed by atoms with Gasteiger partial charge in [-0.15, -0.1) is 0 Å². The van der Waals surface area contributed by atoms with Gasteiger partial charge in [0, 0.05) is 6.07 Å². The van der Waals surface area contributed by atoms with Crippen LogP contribution in [0.15, 0.2) is 18.2 Å². The number of nitro groups is 1. The fraction of sp³-hybridized carbons (Fsp3) is 0.200. The molecule has 0 bridgehead atoms. The molecule has 72 valence electrons. The third kappa shape index (κ3) is 2.09. The second kappa shape index (κ2) is 4.40. The molecule has 4 heteroatoms. The van der Waals surface area contributed by atoms with Gasteiger partial charge in [0.15, 0.2) is 0 Å². The number of aryl methyl sites for hydroxylation is 1. The summed E-state index contributed by atoms with van der Waals surface area (Å²) in [5, 5.41) is 19.1. The average molecular weight is 191 g/mol. The van der Waals surface area contributed by atoms with Crippen molar-refractivity contribution < 1.29 is 10.0 Å². The molecule has 0 fully saturated rings. The highest BCUT2D eigenvalue weighted by Gasteiger charge is 2.12. The second-order valence-corrected chi connectivity index (χ2v) is 2.69. The van der Waals surface area contributed by atoms with E-state index in [1.54, 1.807) is 19.1 Å². The fourth-order valence-corrected chi connectivity index (χ4v) is 1.09. The molecule has 1 N–H and O–H groups in total. The van der Waals surface area contributed by atoms with E-state index in [0.29, 0.717) is 5.56 Å². The van der Waals surface area contributed by atoms with Gasteiger partial charge in [0.25, 0.3) is 5.69 Å². The minimum atomic E-state index is -0.478. The van der Waals surface area contributed by atoms with Gasteiger partial charge in [-0.2, -0.15) is 0 Å². The molecule has 0 saturated carbocycles. The average Bonchev–Trinajstić information content (AvgIpc) is 2.15. The number of nitrogens with zero attached hydrogens (tertiary/aromatic N) is 1. The van der Waals surface area contributed by atoms with Gasteiger partial charge in [-0.1, -0.05) is 24.0 Å². The first-order valence-corrected chi connectivity index (χ1v) is 4.00. The van der Waals surface area contributed by atoms with E-state index in [2.05, 4.69) is 11.8 Å². The molecule has 1 aromatic carbocycles. The Morgan fingerprint density at radius 3 is 2.86 bits per heavy atom. The minimum Gasteiger partial charge on any atom is -0.384 e. The van der Waals surface area contributed by atoms with Crippen LogP contribution < -0.4 is 0 Å². The summed E-state index contributed by atoms with van der Waals surface area (Å²) < 4.78 is 0. The van der Waals surface area contributed by atoms with Gasteiger partial charge in [0.2, 0.25) is 0 Å². The molecule has 0 heterocycles. The van der Waals surface area contributed by atoms with Crippen molar-refractivity contribution in [1.82, 2.24) is 0 Å². The van der Waals surface area contributed by atoms with Crippen molar-refractivity contribution in [3.63, 3.8) is 0 Å². The molecule has 0 spiro atoms. The number of aliphatic hydroxyl groups is 1. The highest BCUT2D eigenvalue weighted by atomic mass is 16.6. The van der Waals surface area contributed by atoms with Gasteiger partial charge in [-0.05, 0) is 12.5 Å². The van der Waals surface area contributed by atoms with Crippen LogP contribution >= 0.6 is 0 Å². The van der Waals surface area contributed by atoms with Crippen molar-refractivity contribution in [3.8, 4) is 11.8 Å². The van der Waals surface area contributed by atoms with Crippen molar-refractivity contribution in [2.24, 2.45) is 0 Å². The van der Waals surface area contributed by atoms with Crippen LogP contribution in [0, 0.1) is 28.9 Å². The van der Waals surface area contributed by atoms with Crippen molar-refractivity contribution in [1.29, 1.82) is 0 Å². The van der Waals surface area contributed by atoms with Crippen molar-refractivity contribution in [2.75, 3.05) is 6.61 Å². The van der Waals surface area contributed by atoms with E-state index in [9.17, 15) is 10.1 Å². The predicted molar refractivity (Wildman–Crippen MR) is 51.8 cm³/mol. The van der Waals surface area contributed by atoms with Crippen LogP contribution in [0.25, 0.3) is 0 Å². The first-order valence-electron chi connectivity index (χ1n) is 4.00. The summed E-state index contributed by atoms with van der Waals surface area (Å²) in [6.07, 6.45) is 0. The molecule has 0 atom stereocenters. The van der Waals surface area contributed by atoms with E-state index in [4.69, 9.17) is 5.11 Å². The molecule has 4 nitrogen and oxygen atoms in total. The van der Waals surface area contributed by atoms with Gasteiger partial charge in [-0.3, -0.25) is 10.1 Å². The number of rotatable bonds is 1. The predicted octanol–water partition coefficient (Wildman–Crippen LogP) is 1.25. The van der Waals surface area contributed by atoms with Crippen LogP contribution in [0.4, 0.5) is 5.69 Å². The molecular formula is C10H9NO3. The van der Waals surface area contributed by atoms with Crippen LogP contribution in [0.5, 0.6) is 0 Å². The lowest BCUT2D eigenvalue weighted by Crippen LogP contribution is -1.94. The first-order chi connectivity index (χ1) is 6.66. The molecular weight excluding hydrogens is 182 g/mol. The van der Waals surface area contributed by atoms with Crippen molar-refractivity contribution in [3.05, 3.63) is 39.4 Å². The smallest absolute Gasteiger partial charge is 0.285 e. The summed E-state index contributed by atoms with van der Waals surface area (Å²) in [4.78, 5) is 10.1. The summed E-state index contributed by atoms with van der Waals surface area (Å²) in [5.74, 6) is 4.97. The highest BCUT2D eigenvalue weighted by molar-refractivity contribution is 5.55. The molecule has 14 heavy (non-hydrogen) atoms. The number of hydrogen-bond donors (Lipinski definition) is 1. The summed E-state index contributed by atoms with van der Waals surface area (Å²) in [7, 11) is 0. The Labute approximate surface area is 81.3 Å². The number of hydrogen-bond acceptors (Lipinski definition) is 3. The number of benzene rings is 1. The standard InChI is InChI=1S/C10H9NO3/c1-8-4-2-6-10(11(13)14)9(8)5-3-7-12/h2,4,6,12H,7H2,1H3. The summed E-state index contributed by atoms with van der Waals surface area (Å²) >= 11 is 0. The Hall–Kier alpha value is -1.86. The van der Waals surface area contributed by atoms with Crippen LogP contribution in [0.3, 0.4) is 0 Å². The van der Waals surface area contributed by atoms with Crippen LogP contribution in [-0.2, 0) is 0 Å². The zero-order valence-corrected chi connectivity index (χ0v) is 7.65. The second-order valence-electron chi connectivity index (χ2n) is 2.69. The highest BCUT2D eigenvalue weighted by Crippen LogP contribution is 2.20. The van der Waals surface area contributed by atoms with Crippen LogP contribution in [0.2, 0.25) is 0 Å². The van der Waals surface area contributed by atoms with E-state index in [1.807, 2.05) is 0 Å².